The van der Waals surface area contributed by atoms with Crippen LogP contribution in [0.15, 0.2) is 82.7 Å². The van der Waals surface area contributed by atoms with E-state index >= 15 is 0 Å². The number of pyridine rings is 1. The highest BCUT2D eigenvalue weighted by atomic mass is 32.2. The van der Waals surface area contributed by atoms with Crippen molar-refractivity contribution in [3.63, 3.8) is 0 Å². The third-order valence-electron chi connectivity index (χ3n) is 6.02. The van der Waals surface area contributed by atoms with E-state index in [1.54, 1.807) is 0 Å². The Morgan fingerprint density at radius 1 is 0.724 bits per heavy atom. The molecule has 2 heterocycles. The molecule has 0 unspecified atom stereocenters. The molecule has 0 saturated carbocycles. The van der Waals surface area contributed by atoms with E-state index in [1.165, 1.54) is 53.2 Å². The van der Waals surface area contributed by atoms with Gasteiger partial charge in [-0.1, -0.05) is 68.9 Å². The summed E-state index contributed by atoms with van der Waals surface area (Å²) in [6.07, 6.45) is 1.97. The molecule has 140 valence electrons. The van der Waals surface area contributed by atoms with Crippen molar-refractivity contribution in [1.82, 2.24) is 4.98 Å². The van der Waals surface area contributed by atoms with Crippen LogP contribution in [-0.2, 0) is 5.41 Å². The SMILES string of the molecule is CC(C)(C)c1ccc2cc3c4c(nccc4c2c1)-c1cc2ccccc2cc1S3. The molecular formula is C27H21NS. The number of hydrogen-bond acceptors (Lipinski definition) is 2. The minimum Gasteiger partial charge on any atom is -0.256 e. The van der Waals surface area contributed by atoms with Crippen molar-refractivity contribution in [2.24, 2.45) is 0 Å². The predicted molar refractivity (Wildman–Crippen MR) is 125 cm³/mol. The highest BCUT2D eigenvalue weighted by molar-refractivity contribution is 7.99. The summed E-state index contributed by atoms with van der Waals surface area (Å²) >= 11 is 1.87. The fraction of sp³-hybridized carbons (Fsp3) is 0.148. The van der Waals surface area contributed by atoms with Gasteiger partial charge in [-0.2, -0.15) is 0 Å². The average molecular weight is 392 g/mol. The lowest BCUT2D eigenvalue weighted by molar-refractivity contribution is 0.591. The Morgan fingerprint density at radius 2 is 1.48 bits per heavy atom. The van der Waals surface area contributed by atoms with Gasteiger partial charge in [0.2, 0.25) is 0 Å². The lowest BCUT2D eigenvalue weighted by Crippen LogP contribution is -2.10. The van der Waals surface area contributed by atoms with Crippen LogP contribution in [0.4, 0.5) is 0 Å². The molecule has 0 spiro atoms. The summed E-state index contributed by atoms with van der Waals surface area (Å²) in [5, 5.41) is 7.77. The van der Waals surface area contributed by atoms with Gasteiger partial charge in [0, 0.05) is 26.9 Å². The molecule has 0 atom stereocenters. The summed E-state index contributed by atoms with van der Waals surface area (Å²) in [7, 11) is 0. The zero-order valence-electron chi connectivity index (χ0n) is 16.8. The molecule has 0 radical (unpaired) electrons. The second kappa shape index (κ2) is 5.84. The highest BCUT2D eigenvalue weighted by Crippen LogP contribution is 2.50. The second-order valence-corrected chi connectivity index (χ2v) is 10.0. The van der Waals surface area contributed by atoms with E-state index in [9.17, 15) is 0 Å². The van der Waals surface area contributed by atoms with Gasteiger partial charge in [-0.05, 0) is 68.2 Å². The van der Waals surface area contributed by atoms with Crippen molar-refractivity contribution < 1.29 is 0 Å². The maximum absolute atomic E-state index is 4.85. The molecule has 0 fully saturated rings. The molecule has 0 N–H and O–H groups in total. The van der Waals surface area contributed by atoms with Crippen molar-refractivity contribution in [2.75, 3.05) is 0 Å². The molecule has 1 aliphatic heterocycles. The number of aromatic nitrogens is 1. The third kappa shape index (κ3) is 2.52. The number of fused-ring (bicyclic) bond motifs is 5. The van der Waals surface area contributed by atoms with Crippen molar-refractivity contribution in [2.45, 2.75) is 36.0 Å². The Labute approximate surface area is 174 Å². The number of benzene rings is 4. The summed E-state index contributed by atoms with van der Waals surface area (Å²) in [5.74, 6) is 0. The van der Waals surface area contributed by atoms with Crippen LogP contribution in [0.5, 0.6) is 0 Å². The predicted octanol–water partition coefficient (Wildman–Crippen LogP) is 7.97. The van der Waals surface area contributed by atoms with Gasteiger partial charge in [0.1, 0.15) is 0 Å². The summed E-state index contributed by atoms with van der Waals surface area (Å²) < 4.78 is 0. The van der Waals surface area contributed by atoms with E-state index in [1.807, 2.05) is 18.0 Å². The molecule has 2 heteroatoms. The van der Waals surface area contributed by atoms with Gasteiger partial charge >= 0.3 is 0 Å². The van der Waals surface area contributed by atoms with E-state index < -0.39 is 0 Å². The van der Waals surface area contributed by atoms with Gasteiger partial charge in [0.05, 0.1) is 5.69 Å². The lowest BCUT2D eigenvalue weighted by atomic mass is 9.85. The first kappa shape index (κ1) is 17.1. The van der Waals surface area contributed by atoms with Crippen molar-refractivity contribution in [3.8, 4) is 11.3 Å². The second-order valence-electron chi connectivity index (χ2n) is 8.94. The van der Waals surface area contributed by atoms with Gasteiger partial charge in [-0.3, -0.25) is 4.98 Å². The van der Waals surface area contributed by atoms with Crippen molar-refractivity contribution >= 4 is 44.1 Å². The summed E-state index contributed by atoms with van der Waals surface area (Å²) in [6, 6.07) is 24.7. The van der Waals surface area contributed by atoms with Crippen molar-refractivity contribution in [3.05, 3.63) is 78.5 Å². The summed E-state index contributed by atoms with van der Waals surface area (Å²) in [6.45, 7) is 6.83. The van der Waals surface area contributed by atoms with E-state index in [4.69, 9.17) is 4.98 Å². The maximum Gasteiger partial charge on any atom is 0.0803 e. The molecule has 1 aliphatic rings. The van der Waals surface area contributed by atoms with E-state index in [0.29, 0.717) is 0 Å². The normalized spacial score (nSPS) is 13.2. The van der Waals surface area contributed by atoms with Crippen LogP contribution >= 0.6 is 11.8 Å². The summed E-state index contributed by atoms with van der Waals surface area (Å²) in [5.41, 5.74) is 3.86. The minimum absolute atomic E-state index is 0.131. The Hall–Kier alpha value is -2.84. The quantitative estimate of drug-likeness (QED) is 0.243. The molecule has 5 aromatic rings. The Balaban J connectivity index is 1.72. The molecule has 6 rings (SSSR count). The fourth-order valence-electron chi connectivity index (χ4n) is 4.42. The molecular weight excluding hydrogens is 370 g/mol. The van der Waals surface area contributed by atoms with Crippen LogP contribution < -0.4 is 0 Å². The first-order valence-corrected chi connectivity index (χ1v) is 10.9. The number of rotatable bonds is 0. The molecule has 0 saturated heterocycles. The molecule has 4 aromatic carbocycles. The fourth-order valence-corrected chi connectivity index (χ4v) is 5.61. The van der Waals surface area contributed by atoms with Crippen molar-refractivity contribution in [1.29, 1.82) is 0 Å². The number of nitrogens with zero attached hydrogens (tertiary/aromatic N) is 1. The van der Waals surface area contributed by atoms with Gasteiger partial charge < -0.3 is 0 Å². The van der Waals surface area contributed by atoms with Crippen LogP contribution in [0.25, 0.3) is 43.6 Å². The third-order valence-corrected chi connectivity index (χ3v) is 7.12. The lowest BCUT2D eigenvalue weighted by Gasteiger charge is -2.23. The first-order valence-electron chi connectivity index (χ1n) is 10.1. The Morgan fingerprint density at radius 3 is 2.28 bits per heavy atom. The van der Waals surface area contributed by atoms with Gasteiger partial charge in [0.25, 0.3) is 0 Å². The van der Waals surface area contributed by atoms with Gasteiger partial charge in [0.15, 0.2) is 0 Å². The standard InChI is InChI=1S/C27H21NS/c1-27(2,3)19-9-8-18-14-24-25-20(21(18)15-19)10-11-28-26(25)22-12-16-6-4-5-7-17(16)13-23(22)29-24/h4-15H,1-3H3. The van der Waals surface area contributed by atoms with E-state index in [-0.39, 0.29) is 5.41 Å². The zero-order valence-corrected chi connectivity index (χ0v) is 17.6. The zero-order chi connectivity index (χ0) is 19.8. The number of hydrogen-bond donors (Lipinski definition) is 0. The van der Waals surface area contributed by atoms with Gasteiger partial charge in [-0.25, -0.2) is 0 Å². The molecule has 1 aromatic heterocycles. The minimum atomic E-state index is 0.131. The maximum atomic E-state index is 4.85. The van der Waals surface area contributed by atoms with E-state index in [2.05, 4.69) is 87.5 Å². The largest absolute Gasteiger partial charge is 0.256 e. The van der Waals surface area contributed by atoms with Crippen LogP contribution in [0.1, 0.15) is 26.3 Å². The van der Waals surface area contributed by atoms with Crippen LogP contribution in [0, 0.1) is 0 Å². The Bertz CT molecular complexity index is 1460. The molecule has 0 amide bonds. The highest BCUT2D eigenvalue weighted by Gasteiger charge is 2.23. The molecule has 29 heavy (non-hydrogen) atoms. The van der Waals surface area contributed by atoms with E-state index in [0.717, 1.165) is 5.69 Å². The molecule has 1 nitrogen and oxygen atoms in total. The first-order chi connectivity index (χ1) is 14.0. The topological polar surface area (TPSA) is 12.9 Å². The monoisotopic (exact) mass is 391 g/mol. The molecule has 0 bridgehead atoms. The smallest absolute Gasteiger partial charge is 0.0803 e. The van der Waals surface area contributed by atoms with Crippen LogP contribution in [-0.4, -0.2) is 4.98 Å². The van der Waals surface area contributed by atoms with Crippen LogP contribution in [0.2, 0.25) is 0 Å². The molecule has 0 aliphatic carbocycles. The van der Waals surface area contributed by atoms with Crippen LogP contribution in [0.3, 0.4) is 0 Å². The average Bonchev–Trinajstić information content (AvgIpc) is 2.72. The Kier molecular flexibility index (Phi) is 3.43. The summed E-state index contributed by atoms with van der Waals surface area (Å²) in [4.78, 5) is 7.45. The van der Waals surface area contributed by atoms with Gasteiger partial charge in [-0.15, -0.1) is 0 Å².